The maximum atomic E-state index is 13.8. The van der Waals surface area contributed by atoms with Gasteiger partial charge in [0.1, 0.15) is 11.5 Å². The summed E-state index contributed by atoms with van der Waals surface area (Å²) in [7, 11) is 0. The van der Waals surface area contributed by atoms with E-state index in [1.54, 1.807) is 0 Å². The zero-order valence-corrected chi connectivity index (χ0v) is 20.5. The van der Waals surface area contributed by atoms with E-state index in [2.05, 4.69) is 15.3 Å². The number of hydrogen-bond donors (Lipinski definition) is 3. The van der Waals surface area contributed by atoms with Crippen molar-refractivity contribution in [2.45, 2.75) is 81.9 Å². The Morgan fingerprint density at radius 1 is 1.29 bits per heavy atom. The minimum atomic E-state index is -4.51. The lowest BCUT2D eigenvalue weighted by atomic mass is 9.41. The summed E-state index contributed by atoms with van der Waals surface area (Å²) in [5.41, 5.74) is 4.81. The first-order chi connectivity index (χ1) is 15.8. The second kappa shape index (κ2) is 8.59. The second-order valence-electron chi connectivity index (χ2n) is 11.1. The van der Waals surface area contributed by atoms with Crippen molar-refractivity contribution in [2.24, 2.45) is 17.1 Å². The Morgan fingerprint density at radius 3 is 2.51 bits per heavy atom. The summed E-state index contributed by atoms with van der Waals surface area (Å²) in [5.74, 6) is 0.634. The van der Waals surface area contributed by atoms with Crippen molar-refractivity contribution in [1.82, 2.24) is 15.3 Å². The Bertz CT molecular complexity index is 1090. The predicted molar refractivity (Wildman–Crippen MR) is 125 cm³/mol. The molecule has 6 nitrogen and oxygen atoms in total. The zero-order valence-electron chi connectivity index (χ0n) is 19.7. The number of rotatable bonds is 9. The Kier molecular flexibility index (Phi) is 6.42. The van der Waals surface area contributed by atoms with Gasteiger partial charge in [0, 0.05) is 6.42 Å². The van der Waals surface area contributed by atoms with E-state index in [-0.39, 0.29) is 36.4 Å². The van der Waals surface area contributed by atoms with Crippen molar-refractivity contribution in [2.75, 3.05) is 6.61 Å². The lowest BCUT2D eigenvalue weighted by Gasteiger charge is -2.65. The predicted octanol–water partition coefficient (Wildman–Crippen LogP) is 5.19. The van der Waals surface area contributed by atoms with Gasteiger partial charge in [0.25, 0.3) is 0 Å². The summed E-state index contributed by atoms with van der Waals surface area (Å²) in [4.78, 5) is 20.2. The molecule has 4 aliphatic rings. The van der Waals surface area contributed by atoms with Gasteiger partial charge in [-0.3, -0.25) is 4.79 Å². The number of aromatic nitrogens is 2. The zero-order chi connectivity index (χ0) is 24.5. The van der Waals surface area contributed by atoms with E-state index < -0.39 is 23.5 Å². The van der Waals surface area contributed by atoms with E-state index in [9.17, 15) is 22.4 Å². The third-order valence-electron chi connectivity index (χ3n) is 7.56. The van der Waals surface area contributed by atoms with Crippen LogP contribution in [0, 0.1) is 11.3 Å². The standard InChI is InChI=1S/C24H30F4N4O2.ClH/c1-21(2,24(26,27)28)34-9-15(29)20-30-16-6-5-14(7-17(16)31-20)19(13-3-4-13)32-18(33)8-22-10-23(25,11-22)12-22;/h5-7,13,15,19H,3-4,8-12,29H2,1-2H3,(H,30,31)(H,32,33);1H/t15-,19+,22?,23?;/m0./s1. The number of ether oxygens (including phenoxy) is 1. The average Bonchev–Trinajstić information content (AvgIpc) is 3.45. The van der Waals surface area contributed by atoms with Gasteiger partial charge >= 0.3 is 6.18 Å². The van der Waals surface area contributed by atoms with Crippen LogP contribution in [-0.2, 0) is 9.53 Å². The quantitative estimate of drug-likeness (QED) is 0.398. The molecule has 6 rings (SSSR count). The number of aromatic amines is 1. The minimum Gasteiger partial charge on any atom is -0.364 e. The fourth-order valence-corrected chi connectivity index (χ4v) is 5.39. The average molecular weight is 519 g/mol. The number of carbonyl (C=O) groups is 1. The van der Waals surface area contributed by atoms with Crippen molar-refractivity contribution >= 4 is 29.3 Å². The van der Waals surface area contributed by atoms with Gasteiger partial charge in [-0.2, -0.15) is 13.2 Å². The number of nitrogens with one attached hydrogen (secondary N) is 2. The fourth-order valence-electron chi connectivity index (χ4n) is 5.39. The number of nitrogens with two attached hydrogens (primary N) is 1. The number of benzene rings is 1. The topological polar surface area (TPSA) is 93.0 Å². The molecule has 1 aromatic carbocycles. The molecule has 0 radical (unpaired) electrons. The number of amides is 1. The monoisotopic (exact) mass is 518 g/mol. The van der Waals surface area contributed by atoms with Crippen molar-refractivity contribution < 1.29 is 27.1 Å². The van der Waals surface area contributed by atoms with Crippen LogP contribution < -0.4 is 11.1 Å². The summed E-state index contributed by atoms with van der Waals surface area (Å²) in [5, 5.41) is 3.15. The lowest BCUT2D eigenvalue weighted by Crippen LogP contribution is -2.65. The van der Waals surface area contributed by atoms with E-state index in [4.69, 9.17) is 10.5 Å². The normalized spacial score (nSPS) is 27.4. The van der Waals surface area contributed by atoms with Crippen LogP contribution in [0.5, 0.6) is 0 Å². The Morgan fingerprint density at radius 2 is 1.94 bits per heavy atom. The number of H-pyrrole nitrogens is 1. The summed E-state index contributed by atoms with van der Waals surface area (Å²) >= 11 is 0. The number of nitrogens with zero attached hydrogens (tertiary/aromatic N) is 1. The SMILES string of the molecule is CC(C)(OC[C@H](N)c1nc2cc([C@H](NC(=O)CC34CC(F)(C3)C4)C3CC3)ccc2[nH]1)C(F)(F)F.Cl. The number of carbonyl (C=O) groups excluding carboxylic acids is 1. The molecule has 1 heterocycles. The molecule has 35 heavy (non-hydrogen) atoms. The first-order valence-corrected chi connectivity index (χ1v) is 11.7. The molecule has 0 unspecified atom stereocenters. The van der Waals surface area contributed by atoms with Gasteiger partial charge < -0.3 is 20.8 Å². The summed E-state index contributed by atoms with van der Waals surface area (Å²) < 4.78 is 57.9. The molecule has 0 saturated heterocycles. The van der Waals surface area contributed by atoms with Crippen LogP contribution in [0.25, 0.3) is 11.0 Å². The highest BCUT2D eigenvalue weighted by molar-refractivity contribution is 5.85. The maximum Gasteiger partial charge on any atom is 0.416 e. The van der Waals surface area contributed by atoms with Gasteiger partial charge in [-0.05, 0) is 75.0 Å². The molecule has 2 atom stereocenters. The highest BCUT2D eigenvalue weighted by atomic mass is 35.5. The summed E-state index contributed by atoms with van der Waals surface area (Å²) in [6, 6.07) is 4.63. The maximum absolute atomic E-state index is 13.8. The van der Waals surface area contributed by atoms with Crippen molar-refractivity contribution in [3.63, 3.8) is 0 Å². The smallest absolute Gasteiger partial charge is 0.364 e. The Balaban J connectivity index is 0.00000289. The Hall–Kier alpha value is -1.91. The lowest BCUT2D eigenvalue weighted by molar-refractivity contribution is -0.264. The first kappa shape index (κ1) is 26.2. The van der Waals surface area contributed by atoms with Crippen LogP contribution >= 0.6 is 12.4 Å². The molecular formula is C24H31ClF4N4O2. The number of imidazole rings is 1. The van der Waals surface area contributed by atoms with Crippen LogP contribution in [0.15, 0.2) is 18.2 Å². The van der Waals surface area contributed by atoms with Crippen LogP contribution in [0.3, 0.4) is 0 Å². The molecule has 0 spiro atoms. The molecule has 2 bridgehead atoms. The molecule has 4 saturated carbocycles. The number of alkyl halides is 4. The van der Waals surface area contributed by atoms with Crippen LogP contribution in [0.1, 0.15) is 75.8 Å². The van der Waals surface area contributed by atoms with E-state index in [0.29, 0.717) is 48.5 Å². The van der Waals surface area contributed by atoms with Crippen molar-refractivity contribution in [3.8, 4) is 0 Å². The van der Waals surface area contributed by atoms with E-state index in [1.807, 2.05) is 18.2 Å². The molecule has 1 amide bonds. The highest BCUT2D eigenvalue weighted by Gasteiger charge is 2.69. The fraction of sp³-hybridized carbons (Fsp3) is 0.667. The van der Waals surface area contributed by atoms with E-state index in [0.717, 1.165) is 32.3 Å². The molecular weight excluding hydrogens is 488 g/mol. The van der Waals surface area contributed by atoms with E-state index >= 15 is 0 Å². The van der Waals surface area contributed by atoms with E-state index in [1.165, 1.54) is 0 Å². The molecule has 1 aromatic heterocycles. The largest absolute Gasteiger partial charge is 0.416 e. The summed E-state index contributed by atoms with van der Waals surface area (Å²) in [6.45, 7) is 1.57. The Labute approximate surface area is 207 Å². The van der Waals surface area contributed by atoms with Gasteiger partial charge in [-0.15, -0.1) is 12.4 Å². The molecule has 11 heteroatoms. The first-order valence-electron chi connectivity index (χ1n) is 11.7. The van der Waals surface area contributed by atoms with Gasteiger partial charge in [0.15, 0.2) is 5.60 Å². The van der Waals surface area contributed by atoms with Gasteiger partial charge in [-0.1, -0.05) is 6.07 Å². The third-order valence-corrected chi connectivity index (χ3v) is 7.56. The van der Waals surface area contributed by atoms with Crippen LogP contribution in [0.4, 0.5) is 17.6 Å². The number of hydrogen-bond acceptors (Lipinski definition) is 4. The number of fused-ring (bicyclic) bond motifs is 1. The van der Waals surface area contributed by atoms with Gasteiger partial charge in [0.2, 0.25) is 5.91 Å². The second-order valence-corrected chi connectivity index (χ2v) is 11.1. The highest BCUT2D eigenvalue weighted by Crippen LogP contribution is 2.71. The van der Waals surface area contributed by atoms with Gasteiger partial charge in [-0.25, -0.2) is 9.37 Å². The molecule has 0 aliphatic heterocycles. The minimum absolute atomic E-state index is 0. The third kappa shape index (κ3) is 5.02. The molecule has 4 aliphatic carbocycles. The molecule has 194 valence electrons. The van der Waals surface area contributed by atoms with Crippen molar-refractivity contribution in [1.29, 1.82) is 0 Å². The van der Waals surface area contributed by atoms with Crippen LogP contribution in [-0.4, -0.2) is 39.9 Å². The summed E-state index contributed by atoms with van der Waals surface area (Å²) in [6.07, 6.45) is -0.631. The van der Waals surface area contributed by atoms with Crippen molar-refractivity contribution in [3.05, 3.63) is 29.6 Å². The molecule has 4 N–H and O–H groups in total. The van der Waals surface area contributed by atoms with Gasteiger partial charge in [0.05, 0.1) is 29.7 Å². The molecule has 2 aromatic rings. The van der Waals surface area contributed by atoms with Crippen LogP contribution in [0.2, 0.25) is 0 Å². The molecule has 4 fully saturated rings. The number of halogens is 5.